The number of nitrogens with zero attached hydrogens (tertiary/aromatic N) is 1. The second kappa shape index (κ2) is 11.1. The molecule has 1 saturated heterocycles. The van der Waals surface area contributed by atoms with E-state index in [0.29, 0.717) is 18.0 Å². The van der Waals surface area contributed by atoms with Crippen LogP contribution >= 0.6 is 0 Å². The summed E-state index contributed by atoms with van der Waals surface area (Å²) in [5.74, 6) is -0.706. The maximum absolute atomic E-state index is 14.1. The molecule has 2 aliphatic rings. The van der Waals surface area contributed by atoms with Gasteiger partial charge in [-0.3, -0.25) is 14.5 Å². The average Bonchev–Trinajstić information content (AvgIpc) is 3.10. The molecule has 0 unspecified atom stereocenters. The number of likely N-dealkylation sites (tertiary alicyclic amines) is 1. The molecule has 2 aromatic carbocycles. The number of amides is 2. The molecule has 2 aliphatic heterocycles. The van der Waals surface area contributed by atoms with E-state index in [0.717, 1.165) is 13.0 Å². The molecule has 2 heterocycles. The lowest BCUT2D eigenvalue weighted by atomic mass is 10.1. The van der Waals surface area contributed by atoms with Crippen molar-refractivity contribution in [2.24, 2.45) is 0 Å². The summed E-state index contributed by atoms with van der Waals surface area (Å²) in [7, 11) is 0. The Morgan fingerprint density at radius 2 is 1.79 bits per heavy atom. The van der Waals surface area contributed by atoms with E-state index in [2.05, 4.69) is 5.32 Å². The first-order valence-electron chi connectivity index (χ1n) is 11.8. The normalized spacial score (nSPS) is 17.9. The van der Waals surface area contributed by atoms with Gasteiger partial charge in [-0.2, -0.15) is 0 Å². The van der Waals surface area contributed by atoms with Crippen LogP contribution in [0.5, 0.6) is 5.75 Å². The molecule has 6 nitrogen and oxygen atoms in total. The molecule has 0 aliphatic carbocycles. The van der Waals surface area contributed by atoms with E-state index in [9.17, 15) is 14.0 Å². The minimum Gasteiger partial charge on any atom is -0.449 e. The van der Waals surface area contributed by atoms with E-state index in [1.807, 2.05) is 0 Å². The van der Waals surface area contributed by atoms with Gasteiger partial charge >= 0.3 is 0 Å². The Balaban J connectivity index is 1.39. The summed E-state index contributed by atoms with van der Waals surface area (Å²) >= 11 is 0. The van der Waals surface area contributed by atoms with Crippen molar-refractivity contribution in [1.82, 2.24) is 5.32 Å². The van der Waals surface area contributed by atoms with E-state index in [1.165, 1.54) is 55.8 Å². The van der Waals surface area contributed by atoms with Gasteiger partial charge in [0, 0.05) is 18.5 Å². The first-order valence-corrected chi connectivity index (χ1v) is 11.8. The Morgan fingerprint density at radius 1 is 1.06 bits per heavy atom. The summed E-state index contributed by atoms with van der Waals surface area (Å²) in [6.07, 6.45) is 7.49. The Kier molecular flexibility index (Phi) is 7.73. The van der Waals surface area contributed by atoms with Gasteiger partial charge in [0.1, 0.15) is 12.4 Å². The van der Waals surface area contributed by atoms with E-state index in [1.54, 1.807) is 47.4 Å². The predicted molar refractivity (Wildman–Crippen MR) is 125 cm³/mol. The third-order valence-corrected chi connectivity index (χ3v) is 6.17. The molecule has 0 saturated carbocycles. The molecule has 1 fully saturated rings. The van der Waals surface area contributed by atoms with Gasteiger partial charge in [0.05, 0.1) is 25.3 Å². The van der Waals surface area contributed by atoms with Crippen molar-refractivity contribution in [1.29, 1.82) is 0 Å². The van der Waals surface area contributed by atoms with Crippen LogP contribution < -0.4 is 19.9 Å². The van der Waals surface area contributed by atoms with Gasteiger partial charge in [-0.05, 0) is 50.0 Å². The van der Waals surface area contributed by atoms with Gasteiger partial charge in [0.2, 0.25) is 5.91 Å². The SMILES string of the molecule is O=C(CN1C(=O)C(=Cc2ccccc2F)Oc2ccccc21)NCCC[NH+]1CCCCCC1. The highest BCUT2D eigenvalue weighted by atomic mass is 19.1. The number of carbonyl (C=O) groups excluding carboxylic acids is 2. The van der Waals surface area contributed by atoms with Gasteiger partial charge in [-0.25, -0.2) is 4.39 Å². The zero-order valence-electron chi connectivity index (χ0n) is 18.8. The van der Waals surface area contributed by atoms with E-state index in [4.69, 9.17) is 4.74 Å². The summed E-state index contributed by atoms with van der Waals surface area (Å²) in [4.78, 5) is 28.8. The molecule has 2 amide bonds. The van der Waals surface area contributed by atoms with E-state index >= 15 is 0 Å². The molecular weight excluding hydrogens is 421 g/mol. The highest BCUT2D eigenvalue weighted by Gasteiger charge is 2.31. The van der Waals surface area contributed by atoms with E-state index in [-0.39, 0.29) is 23.8 Å². The van der Waals surface area contributed by atoms with Crippen LogP contribution in [0, 0.1) is 5.82 Å². The number of fused-ring (bicyclic) bond motifs is 1. The Bertz CT molecular complexity index is 1020. The fourth-order valence-electron chi connectivity index (χ4n) is 4.40. The van der Waals surface area contributed by atoms with Gasteiger partial charge in [-0.15, -0.1) is 0 Å². The number of nitrogens with one attached hydrogen (secondary N) is 2. The molecule has 0 aromatic heterocycles. The van der Waals surface area contributed by atoms with Crippen molar-refractivity contribution >= 4 is 23.6 Å². The van der Waals surface area contributed by atoms with Crippen molar-refractivity contribution < 1.29 is 23.6 Å². The standard InChI is InChI=1S/C26H30FN3O3/c27-21-11-4-3-10-20(21)18-24-26(32)30(22-12-5-6-13-23(22)33-24)19-25(31)28-14-9-17-29-15-7-1-2-8-16-29/h3-6,10-13,18H,1-2,7-9,14-17,19H2,(H,28,31)/p+1. The van der Waals surface area contributed by atoms with Gasteiger partial charge in [0.15, 0.2) is 11.5 Å². The molecule has 0 radical (unpaired) electrons. The molecule has 4 rings (SSSR count). The molecular formula is C26H31FN3O3+. The zero-order chi connectivity index (χ0) is 23.0. The van der Waals surface area contributed by atoms with Crippen LogP contribution in [0.1, 0.15) is 37.7 Å². The lowest BCUT2D eigenvalue weighted by molar-refractivity contribution is -0.899. The highest BCUT2D eigenvalue weighted by Crippen LogP contribution is 2.35. The number of hydrogen-bond acceptors (Lipinski definition) is 3. The monoisotopic (exact) mass is 452 g/mol. The topological polar surface area (TPSA) is 63.1 Å². The third kappa shape index (κ3) is 5.99. The molecule has 0 bridgehead atoms. The Labute approximate surface area is 194 Å². The van der Waals surface area contributed by atoms with Crippen LogP contribution in [-0.4, -0.2) is 44.5 Å². The molecule has 2 aromatic rings. The summed E-state index contributed by atoms with van der Waals surface area (Å²) in [5, 5.41) is 2.94. The third-order valence-electron chi connectivity index (χ3n) is 6.17. The number of quaternary nitrogens is 1. The first kappa shape index (κ1) is 23.0. The van der Waals surface area contributed by atoms with Gasteiger partial charge < -0.3 is 15.0 Å². The van der Waals surface area contributed by atoms with Crippen molar-refractivity contribution in [2.75, 3.05) is 37.6 Å². The second-order valence-corrected chi connectivity index (χ2v) is 8.61. The quantitative estimate of drug-likeness (QED) is 0.501. The van der Waals surface area contributed by atoms with Crippen molar-refractivity contribution in [3.8, 4) is 5.75 Å². The molecule has 0 atom stereocenters. The van der Waals surface area contributed by atoms with Gasteiger partial charge in [-0.1, -0.05) is 30.3 Å². The average molecular weight is 453 g/mol. The molecule has 33 heavy (non-hydrogen) atoms. The van der Waals surface area contributed by atoms with E-state index < -0.39 is 11.7 Å². The maximum Gasteiger partial charge on any atom is 0.294 e. The molecule has 7 heteroatoms. The van der Waals surface area contributed by atoms with Crippen LogP contribution in [0.25, 0.3) is 6.08 Å². The number of carbonyl (C=O) groups is 2. The number of benzene rings is 2. The minimum absolute atomic E-state index is 0.0173. The number of hydrogen-bond donors (Lipinski definition) is 2. The number of para-hydroxylation sites is 2. The predicted octanol–water partition coefficient (Wildman–Crippen LogP) is 2.56. The molecule has 2 N–H and O–H groups in total. The fraction of sp³-hybridized carbons (Fsp3) is 0.385. The summed E-state index contributed by atoms with van der Waals surface area (Å²) in [6, 6.07) is 13.2. The summed E-state index contributed by atoms with van der Waals surface area (Å²) in [5.41, 5.74) is 0.776. The molecule has 0 spiro atoms. The highest BCUT2D eigenvalue weighted by molar-refractivity contribution is 6.12. The van der Waals surface area contributed by atoms with Crippen LogP contribution in [0.15, 0.2) is 54.3 Å². The maximum atomic E-state index is 14.1. The minimum atomic E-state index is -0.471. The van der Waals surface area contributed by atoms with Crippen molar-refractivity contribution in [3.05, 3.63) is 65.7 Å². The lowest BCUT2D eigenvalue weighted by Gasteiger charge is -2.30. The Hall–Kier alpha value is -3.19. The first-order chi connectivity index (χ1) is 16.1. The summed E-state index contributed by atoms with van der Waals surface area (Å²) < 4.78 is 19.9. The largest absolute Gasteiger partial charge is 0.449 e. The smallest absolute Gasteiger partial charge is 0.294 e. The Morgan fingerprint density at radius 3 is 2.58 bits per heavy atom. The van der Waals surface area contributed by atoms with Crippen LogP contribution in [0.4, 0.5) is 10.1 Å². The van der Waals surface area contributed by atoms with Crippen LogP contribution in [-0.2, 0) is 9.59 Å². The second-order valence-electron chi connectivity index (χ2n) is 8.61. The van der Waals surface area contributed by atoms with Gasteiger partial charge in [0.25, 0.3) is 5.91 Å². The number of halogens is 1. The van der Waals surface area contributed by atoms with Crippen molar-refractivity contribution in [3.63, 3.8) is 0 Å². The number of ether oxygens (including phenoxy) is 1. The van der Waals surface area contributed by atoms with Crippen LogP contribution in [0.3, 0.4) is 0 Å². The lowest BCUT2D eigenvalue weighted by Crippen LogP contribution is -3.11. The zero-order valence-corrected chi connectivity index (χ0v) is 18.8. The van der Waals surface area contributed by atoms with Crippen molar-refractivity contribution in [2.45, 2.75) is 32.1 Å². The van der Waals surface area contributed by atoms with Crippen LogP contribution in [0.2, 0.25) is 0 Å². The molecule has 174 valence electrons. The number of rotatable bonds is 7. The fourth-order valence-corrected chi connectivity index (χ4v) is 4.40. The summed E-state index contributed by atoms with van der Waals surface area (Å²) in [6.45, 7) is 3.94. The number of anilines is 1.